The number of phenolic OH excluding ortho intramolecular Hbond substituents is 1. The van der Waals surface area contributed by atoms with E-state index >= 15 is 0 Å². The van der Waals surface area contributed by atoms with Crippen LogP contribution in [0.4, 0.5) is 0 Å². The summed E-state index contributed by atoms with van der Waals surface area (Å²) in [6.07, 6.45) is 1.57. The van der Waals surface area contributed by atoms with Gasteiger partial charge in [0.25, 0.3) is 0 Å². The number of carbonyl (C=O) groups is 1. The lowest BCUT2D eigenvalue weighted by Gasteiger charge is -2.29. The first kappa shape index (κ1) is 11.9. The Labute approximate surface area is 101 Å². The Balaban J connectivity index is 2.06. The van der Waals surface area contributed by atoms with Crippen LogP contribution in [0.3, 0.4) is 0 Å². The molecule has 0 aliphatic carbocycles. The second-order valence-electron chi connectivity index (χ2n) is 4.34. The number of piperidine rings is 1. The van der Waals surface area contributed by atoms with Gasteiger partial charge in [-0.3, -0.25) is 4.79 Å². The molecule has 1 aliphatic heterocycles. The van der Waals surface area contributed by atoms with E-state index in [1.54, 1.807) is 12.1 Å². The maximum atomic E-state index is 11.5. The van der Waals surface area contributed by atoms with E-state index in [2.05, 4.69) is 5.32 Å². The molecule has 0 saturated carbocycles. The minimum absolute atomic E-state index is 0.0277. The van der Waals surface area contributed by atoms with Crippen LogP contribution in [0.5, 0.6) is 5.75 Å². The van der Waals surface area contributed by atoms with Crippen molar-refractivity contribution in [1.82, 2.24) is 5.32 Å². The van der Waals surface area contributed by atoms with Crippen LogP contribution in [0.25, 0.3) is 0 Å². The smallest absolute Gasteiger partial charge is 0.308 e. The van der Waals surface area contributed by atoms with Crippen molar-refractivity contribution in [2.24, 2.45) is 5.92 Å². The molecule has 2 unspecified atom stereocenters. The standard InChI is InChI=1S/C13H17NO3/c1-17-13(16)10-6-7-14-12(8-10)9-2-4-11(15)5-3-9/h2-5,10,12,14-15H,6-8H2,1H3. The van der Waals surface area contributed by atoms with Gasteiger partial charge in [-0.2, -0.15) is 0 Å². The van der Waals surface area contributed by atoms with E-state index in [4.69, 9.17) is 4.74 Å². The molecule has 1 fully saturated rings. The quantitative estimate of drug-likeness (QED) is 0.764. The van der Waals surface area contributed by atoms with Crippen LogP contribution in [-0.2, 0) is 9.53 Å². The average molecular weight is 235 g/mol. The van der Waals surface area contributed by atoms with Crippen LogP contribution in [0.2, 0.25) is 0 Å². The molecule has 1 aromatic rings. The molecular formula is C13H17NO3. The Morgan fingerprint density at radius 1 is 1.41 bits per heavy atom. The Morgan fingerprint density at radius 2 is 2.12 bits per heavy atom. The summed E-state index contributed by atoms with van der Waals surface area (Å²) in [6, 6.07) is 7.25. The van der Waals surface area contributed by atoms with Crippen molar-refractivity contribution < 1.29 is 14.6 Å². The summed E-state index contributed by atoms with van der Waals surface area (Å²) in [5.41, 5.74) is 1.09. The number of esters is 1. The van der Waals surface area contributed by atoms with E-state index in [1.165, 1.54) is 7.11 Å². The van der Waals surface area contributed by atoms with Gasteiger partial charge in [0.1, 0.15) is 5.75 Å². The minimum Gasteiger partial charge on any atom is -0.508 e. The first-order valence-electron chi connectivity index (χ1n) is 5.81. The van der Waals surface area contributed by atoms with Gasteiger partial charge in [-0.1, -0.05) is 12.1 Å². The van der Waals surface area contributed by atoms with Gasteiger partial charge >= 0.3 is 5.97 Å². The fourth-order valence-electron chi connectivity index (χ4n) is 2.26. The van der Waals surface area contributed by atoms with E-state index in [0.717, 1.165) is 24.9 Å². The molecule has 0 radical (unpaired) electrons. The Kier molecular flexibility index (Phi) is 3.64. The topological polar surface area (TPSA) is 58.6 Å². The lowest BCUT2D eigenvalue weighted by molar-refractivity contribution is -0.146. The molecule has 1 aliphatic rings. The first-order chi connectivity index (χ1) is 8.20. The molecule has 0 aromatic heterocycles. The van der Waals surface area contributed by atoms with Crippen molar-refractivity contribution in [2.75, 3.05) is 13.7 Å². The number of hydrogen-bond acceptors (Lipinski definition) is 4. The maximum Gasteiger partial charge on any atom is 0.308 e. The zero-order chi connectivity index (χ0) is 12.3. The van der Waals surface area contributed by atoms with Crippen molar-refractivity contribution in [3.63, 3.8) is 0 Å². The third-order valence-electron chi connectivity index (χ3n) is 3.23. The lowest BCUT2D eigenvalue weighted by Crippen LogP contribution is -2.35. The number of ether oxygens (including phenoxy) is 1. The Hall–Kier alpha value is -1.55. The zero-order valence-electron chi connectivity index (χ0n) is 9.85. The molecule has 2 rings (SSSR count). The van der Waals surface area contributed by atoms with Gasteiger partial charge < -0.3 is 15.2 Å². The molecule has 4 heteroatoms. The number of hydrogen-bond donors (Lipinski definition) is 2. The molecule has 0 amide bonds. The van der Waals surface area contributed by atoms with Crippen molar-refractivity contribution in [3.8, 4) is 5.75 Å². The summed E-state index contributed by atoms with van der Waals surface area (Å²) in [5, 5.41) is 12.6. The number of aromatic hydroxyl groups is 1. The van der Waals surface area contributed by atoms with Crippen molar-refractivity contribution in [1.29, 1.82) is 0 Å². The number of phenols is 1. The van der Waals surface area contributed by atoms with Gasteiger partial charge in [0, 0.05) is 6.04 Å². The summed E-state index contributed by atoms with van der Waals surface area (Å²) >= 11 is 0. The van der Waals surface area contributed by atoms with Gasteiger partial charge in [-0.15, -0.1) is 0 Å². The van der Waals surface area contributed by atoms with Crippen LogP contribution in [0.15, 0.2) is 24.3 Å². The summed E-state index contributed by atoms with van der Waals surface area (Å²) < 4.78 is 4.79. The third-order valence-corrected chi connectivity index (χ3v) is 3.23. The van der Waals surface area contributed by atoms with Crippen molar-refractivity contribution >= 4 is 5.97 Å². The highest BCUT2D eigenvalue weighted by atomic mass is 16.5. The summed E-state index contributed by atoms with van der Waals surface area (Å²) in [7, 11) is 1.43. The van der Waals surface area contributed by atoms with E-state index in [-0.39, 0.29) is 23.7 Å². The van der Waals surface area contributed by atoms with Gasteiger partial charge in [0.05, 0.1) is 13.0 Å². The number of carbonyl (C=O) groups excluding carboxylic acids is 1. The fourth-order valence-corrected chi connectivity index (χ4v) is 2.26. The Morgan fingerprint density at radius 3 is 2.76 bits per heavy atom. The van der Waals surface area contributed by atoms with Crippen molar-refractivity contribution in [3.05, 3.63) is 29.8 Å². The second-order valence-corrected chi connectivity index (χ2v) is 4.34. The van der Waals surface area contributed by atoms with Crippen LogP contribution >= 0.6 is 0 Å². The largest absolute Gasteiger partial charge is 0.508 e. The van der Waals surface area contributed by atoms with E-state index in [1.807, 2.05) is 12.1 Å². The van der Waals surface area contributed by atoms with Gasteiger partial charge in [0.15, 0.2) is 0 Å². The molecule has 92 valence electrons. The summed E-state index contributed by atoms with van der Waals surface area (Å²) in [5.74, 6) is 0.101. The maximum absolute atomic E-state index is 11.5. The van der Waals surface area contributed by atoms with Crippen LogP contribution in [-0.4, -0.2) is 24.7 Å². The van der Waals surface area contributed by atoms with E-state index < -0.39 is 0 Å². The molecule has 0 spiro atoms. The molecule has 17 heavy (non-hydrogen) atoms. The highest BCUT2D eigenvalue weighted by Gasteiger charge is 2.28. The minimum atomic E-state index is -0.129. The molecular weight excluding hydrogens is 218 g/mol. The second kappa shape index (κ2) is 5.19. The monoisotopic (exact) mass is 235 g/mol. The zero-order valence-corrected chi connectivity index (χ0v) is 9.85. The predicted octanol–water partition coefficient (Wildman–Crippen LogP) is 1.61. The number of nitrogens with one attached hydrogen (secondary N) is 1. The van der Waals surface area contributed by atoms with E-state index in [0.29, 0.717) is 0 Å². The summed E-state index contributed by atoms with van der Waals surface area (Å²) in [6.45, 7) is 0.811. The Bertz CT molecular complexity index is 388. The van der Waals surface area contributed by atoms with Crippen molar-refractivity contribution in [2.45, 2.75) is 18.9 Å². The molecule has 1 heterocycles. The molecule has 1 saturated heterocycles. The van der Waals surface area contributed by atoms with Crippen LogP contribution < -0.4 is 5.32 Å². The third kappa shape index (κ3) is 2.77. The van der Waals surface area contributed by atoms with Gasteiger partial charge in [-0.25, -0.2) is 0 Å². The number of methoxy groups -OCH3 is 1. The number of benzene rings is 1. The average Bonchev–Trinajstić information content (AvgIpc) is 2.39. The summed E-state index contributed by atoms with van der Waals surface area (Å²) in [4.78, 5) is 11.5. The molecule has 0 bridgehead atoms. The first-order valence-corrected chi connectivity index (χ1v) is 5.81. The van der Waals surface area contributed by atoms with Crippen LogP contribution in [0, 0.1) is 5.92 Å². The van der Waals surface area contributed by atoms with Crippen LogP contribution in [0.1, 0.15) is 24.4 Å². The van der Waals surface area contributed by atoms with E-state index in [9.17, 15) is 9.90 Å². The molecule has 4 nitrogen and oxygen atoms in total. The predicted molar refractivity (Wildman–Crippen MR) is 63.6 cm³/mol. The number of rotatable bonds is 2. The highest BCUT2D eigenvalue weighted by Crippen LogP contribution is 2.28. The molecule has 1 aromatic carbocycles. The van der Waals surface area contributed by atoms with Gasteiger partial charge in [-0.05, 0) is 37.1 Å². The fraction of sp³-hybridized carbons (Fsp3) is 0.462. The SMILES string of the molecule is COC(=O)C1CCNC(c2ccc(O)cc2)C1. The molecule has 2 N–H and O–H groups in total. The van der Waals surface area contributed by atoms with Gasteiger partial charge in [0.2, 0.25) is 0 Å². The highest BCUT2D eigenvalue weighted by molar-refractivity contribution is 5.72. The molecule has 2 atom stereocenters. The normalized spacial score (nSPS) is 24.3. The lowest BCUT2D eigenvalue weighted by atomic mass is 9.89.